The lowest BCUT2D eigenvalue weighted by molar-refractivity contribution is 0.640. The van der Waals surface area contributed by atoms with Crippen LogP contribution in [0.4, 0.5) is 0 Å². The minimum Gasteiger partial charge on any atom is -0.313 e. The summed E-state index contributed by atoms with van der Waals surface area (Å²) in [7, 11) is 1.93. The van der Waals surface area contributed by atoms with E-state index in [0.717, 1.165) is 29.8 Å². The van der Waals surface area contributed by atoms with Crippen LogP contribution in [0.1, 0.15) is 31.0 Å². The normalized spacial score (nSPS) is 11.2. The van der Waals surface area contributed by atoms with Crippen LogP contribution in [0, 0.1) is 6.92 Å². The SMILES string of the molecule is CCCCNCc1cnc2c(c1)c(C)nn2C. The third kappa shape index (κ3) is 2.64. The summed E-state index contributed by atoms with van der Waals surface area (Å²) >= 11 is 0. The van der Waals surface area contributed by atoms with E-state index in [4.69, 9.17) is 0 Å². The van der Waals surface area contributed by atoms with Gasteiger partial charge < -0.3 is 5.32 Å². The molecule has 0 amide bonds. The van der Waals surface area contributed by atoms with Crippen LogP contribution in [-0.2, 0) is 13.6 Å². The zero-order valence-corrected chi connectivity index (χ0v) is 10.8. The van der Waals surface area contributed by atoms with Gasteiger partial charge in [0.25, 0.3) is 0 Å². The molecule has 0 aliphatic rings. The molecule has 0 unspecified atom stereocenters. The summed E-state index contributed by atoms with van der Waals surface area (Å²) < 4.78 is 1.83. The Morgan fingerprint density at radius 2 is 2.24 bits per heavy atom. The van der Waals surface area contributed by atoms with E-state index in [-0.39, 0.29) is 0 Å². The van der Waals surface area contributed by atoms with Crippen molar-refractivity contribution in [2.75, 3.05) is 6.54 Å². The van der Waals surface area contributed by atoms with Gasteiger partial charge in [0.1, 0.15) is 0 Å². The van der Waals surface area contributed by atoms with E-state index >= 15 is 0 Å². The van der Waals surface area contributed by atoms with E-state index in [1.807, 2.05) is 24.9 Å². The lowest BCUT2D eigenvalue weighted by Gasteiger charge is -2.04. The fraction of sp³-hybridized carbons (Fsp3) is 0.538. The Labute approximate surface area is 102 Å². The van der Waals surface area contributed by atoms with Crippen molar-refractivity contribution in [1.29, 1.82) is 0 Å². The molecule has 0 atom stereocenters. The highest BCUT2D eigenvalue weighted by atomic mass is 15.3. The van der Waals surface area contributed by atoms with E-state index in [2.05, 4.69) is 28.4 Å². The molecule has 4 heteroatoms. The molecule has 92 valence electrons. The van der Waals surface area contributed by atoms with Crippen LogP contribution in [0.2, 0.25) is 0 Å². The summed E-state index contributed by atoms with van der Waals surface area (Å²) in [5.41, 5.74) is 3.23. The second kappa shape index (κ2) is 5.27. The molecule has 2 aromatic rings. The average Bonchev–Trinajstić information content (AvgIpc) is 2.61. The maximum Gasteiger partial charge on any atom is 0.157 e. The predicted octanol–water partition coefficient (Wildman–Crippen LogP) is 2.17. The summed E-state index contributed by atoms with van der Waals surface area (Å²) in [6.45, 7) is 6.18. The van der Waals surface area contributed by atoms with E-state index in [1.54, 1.807) is 0 Å². The van der Waals surface area contributed by atoms with Crippen molar-refractivity contribution in [3.05, 3.63) is 23.5 Å². The number of aromatic nitrogens is 3. The fourth-order valence-corrected chi connectivity index (χ4v) is 1.98. The van der Waals surface area contributed by atoms with Gasteiger partial charge in [-0.1, -0.05) is 13.3 Å². The molecule has 2 aromatic heterocycles. The van der Waals surface area contributed by atoms with Gasteiger partial charge in [-0.05, 0) is 31.5 Å². The molecule has 0 bridgehead atoms. The average molecular weight is 232 g/mol. The molecule has 1 N–H and O–H groups in total. The van der Waals surface area contributed by atoms with E-state index in [0.29, 0.717) is 0 Å². The zero-order valence-electron chi connectivity index (χ0n) is 10.8. The van der Waals surface area contributed by atoms with Crippen molar-refractivity contribution in [1.82, 2.24) is 20.1 Å². The van der Waals surface area contributed by atoms with Crippen LogP contribution in [-0.4, -0.2) is 21.3 Å². The molecule has 0 aliphatic heterocycles. The number of nitrogens with zero attached hydrogens (tertiary/aromatic N) is 3. The van der Waals surface area contributed by atoms with Gasteiger partial charge >= 0.3 is 0 Å². The number of hydrogen-bond donors (Lipinski definition) is 1. The van der Waals surface area contributed by atoms with Crippen LogP contribution >= 0.6 is 0 Å². The molecule has 0 radical (unpaired) electrons. The Morgan fingerprint density at radius 1 is 1.41 bits per heavy atom. The largest absolute Gasteiger partial charge is 0.313 e. The number of rotatable bonds is 5. The Balaban J connectivity index is 2.11. The first-order valence-electron chi connectivity index (χ1n) is 6.21. The highest BCUT2D eigenvalue weighted by molar-refractivity contribution is 5.78. The molecule has 0 aromatic carbocycles. The summed E-state index contributed by atoms with van der Waals surface area (Å²) in [5, 5.41) is 8.96. The second-order valence-electron chi connectivity index (χ2n) is 4.45. The molecule has 4 nitrogen and oxygen atoms in total. The summed E-state index contributed by atoms with van der Waals surface area (Å²) in [5.74, 6) is 0. The van der Waals surface area contributed by atoms with E-state index in [1.165, 1.54) is 18.4 Å². The summed E-state index contributed by atoms with van der Waals surface area (Å²) in [4.78, 5) is 4.46. The third-order valence-electron chi connectivity index (χ3n) is 2.96. The molecular weight excluding hydrogens is 212 g/mol. The topological polar surface area (TPSA) is 42.7 Å². The predicted molar refractivity (Wildman–Crippen MR) is 69.9 cm³/mol. The van der Waals surface area contributed by atoms with Gasteiger partial charge in [0.05, 0.1) is 5.69 Å². The first kappa shape index (κ1) is 12.0. The Bertz CT molecular complexity index is 501. The third-order valence-corrected chi connectivity index (χ3v) is 2.96. The molecule has 0 saturated carbocycles. The van der Waals surface area contributed by atoms with Gasteiger partial charge in [-0.3, -0.25) is 4.68 Å². The number of unbranched alkanes of at least 4 members (excludes halogenated alkanes) is 1. The Kier molecular flexibility index (Phi) is 3.74. The quantitative estimate of drug-likeness (QED) is 0.803. The van der Waals surface area contributed by atoms with Gasteiger partial charge in [0.15, 0.2) is 5.65 Å². The van der Waals surface area contributed by atoms with Gasteiger partial charge in [-0.2, -0.15) is 5.10 Å². The first-order valence-corrected chi connectivity index (χ1v) is 6.21. The lowest BCUT2D eigenvalue weighted by Crippen LogP contribution is -2.14. The van der Waals surface area contributed by atoms with Crippen LogP contribution in [0.25, 0.3) is 11.0 Å². The maximum atomic E-state index is 4.46. The molecule has 0 aliphatic carbocycles. The van der Waals surface area contributed by atoms with Crippen molar-refractivity contribution < 1.29 is 0 Å². The van der Waals surface area contributed by atoms with Gasteiger partial charge in [-0.15, -0.1) is 0 Å². The molecular formula is C13H20N4. The maximum absolute atomic E-state index is 4.46. The van der Waals surface area contributed by atoms with Crippen molar-refractivity contribution in [3.8, 4) is 0 Å². The van der Waals surface area contributed by atoms with Gasteiger partial charge in [0, 0.05) is 25.2 Å². The minimum atomic E-state index is 0.886. The molecule has 0 spiro atoms. The number of fused-ring (bicyclic) bond motifs is 1. The second-order valence-corrected chi connectivity index (χ2v) is 4.45. The molecule has 0 fully saturated rings. The van der Waals surface area contributed by atoms with Crippen LogP contribution < -0.4 is 5.32 Å². The fourth-order valence-electron chi connectivity index (χ4n) is 1.98. The summed E-state index contributed by atoms with van der Waals surface area (Å²) in [6, 6.07) is 2.18. The van der Waals surface area contributed by atoms with E-state index in [9.17, 15) is 0 Å². The number of nitrogens with one attached hydrogen (secondary N) is 1. The lowest BCUT2D eigenvalue weighted by atomic mass is 10.2. The molecule has 2 rings (SSSR count). The number of hydrogen-bond acceptors (Lipinski definition) is 3. The van der Waals surface area contributed by atoms with E-state index < -0.39 is 0 Å². The van der Waals surface area contributed by atoms with Gasteiger partial charge in [-0.25, -0.2) is 4.98 Å². The first-order chi connectivity index (χ1) is 8.22. The Morgan fingerprint density at radius 3 is 3.00 bits per heavy atom. The standard InChI is InChI=1S/C13H20N4/c1-4-5-6-14-8-11-7-12-10(2)16-17(3)13(12)15-9-11/h7,9,14H,4-6,8H2,1-3H3. The smallest absolute Gasteiger partial charge is 0.157 e. The highest BCUT2D eigenvalue weighted by Crippen LogP contribution is 2.16. The highest BCUT2D eigenvalue weighted by Gasteiger charge is 2.06. The van der Waals surface area contributed by atoms with Crippen molar-refractivity contribution in [3.63, 3.8) is 0 Å². The number of pyridine rings is 1. The van der Waals surface area contributed by atoms with Crippen LogP contribution in [0.15, 0.2) is 12.3 Å². The zero-order chi connectivity index (χ0) is 12.3. The van der Waals surface area contributed by atoms with Crippen molar-refractivity contribution >= 4 is 11.0 Å². The van der Waals surface area contributed by atoms with Crippen molar-refractivity contribution in [2.24, 2.45) is 7.05 Å². The molecule has 2 heterocycles. The summed E-state index contributed by atoms with van der Waals surface area (Å²) in [6.07, 6.45) is 4.38. The monoisotopic (exact) mass is 232 g/mol. The van der Waals surface area contributed by atoms with Crippen LogP contribution in [0.5, 0.6) is 0 Å². The molecule has 0 saturated heterocycles. The Hall–Kier alpha value is -1.42. The molecule has 17 heavy (non-hydrogen) atoms. The number of aryl methyl sites for hydroxylation is 2. The van der Waals surface area contributed by atoms with Crippen molar-refractivity contribution in [2.45, 2.75) is 33.2 Å². The van der Waals surface area contributed by atoms with Crippen LogP contribution in [0.3, 0.4) is 0 Å². The minimum absolute atomic E-state index is 0.886. The van der Waals surface area contributed by atoms with Gasteiger partial charge in [0.2, 0.25) is 0 Å².